The molecule has 0 spiro atoms. The molecule has 146 valence electrons. The molecule has 2 aromatic heterocycles. The first-order valence-corrected chi connectivity index (χ1v) is 10.9. The van der Waals surface area contributed by atoms with E-state index in [0.29, 0.717) is 22.0 Å². The Morgan fingerprint density at radius 3 is 2.54 bits per heavy atom. The Bertz CT molecular complexity index is 1120. The van der Waals surface area contributed by atoms with Crippen molar-refractivity contribution in [2.75, 3.05) is 15.8 Å². The van der Waals surface area contributed by atoms with Crippen LogP contribution in [-0.2, 0) is 10.0 Å². The van der Waals surface area contributed by atoms with Gasteiger partial charge in [-0.05, 0) is 31.2 Å². The molecule has 0 atom stereocenters. The summed E-state index contributed by atoms with van der Waals surface area (Å²) in [5.74, 6) is -0.752. The number of carbonyl (C=O) groups excluding carboxylic acids is 1. The van der Waals surface area contributed by atoms with Crippen molar-refractivity contribution in [1.29, 1.82) is 0 Å². The molecule has 2 heterocycles. The quantitative estimate of drug-likeness (QED) is 0.603. The van der Waals surface area contributed by atoms with Crippen LogP contribution < -0.4 is 10.0 Å². The molecule has 2 N–H and O–H groups in total. The fourth-order valence-electron chi connectivity index (χ4n) is 2.20. The molecule has 0 radical (unpaired) electrons. The minimum Gasteiger partial charge on any atom is -0.321 e. The minimum atomic E-state index is -3.48. The molecular formula is C17H14ClFN4O3S2. The summed E-state index contributed by atoms with van der Waals surface area (Å²) in [5.41, 5.74) is 1.16. The highest BCUT2D eigenvalue weighted by molar-refractivity contribution is 7.92. The molecular weight excluding hydrogens is 427 g/mol. The van der Waals surface area contributed by atoms with Crippen molar-refractivity contribution in [3.05, 3.63) is 57.8 Å². The monoisotopic (exact) mass is 440 g/mol. The lowest BCUT2D eigenvalue weighted by molar-refractivity contribution is 0.103. The second kappa shape index (κ2) is 8.21. The molecule has 3 aromatic rings. The van der Waals surface area contributed by atoms with Crippen molar-refractivity contribution < 1.29 is 17.6 Å². The Morgan fingerprint density at radius 2 is 1.86 bits per heavy atom. The van der Waals surface area contributed by atoms with Gasteiger partial charge in [-0.3, -0.25) is 9.52 Å². The number of amides is 1. The molecule has 28 heavy (non-hydrogen) atoms. The van der Waals surface area contributed by atoms with E-state index in [1.807, 2.05) is 0 Å². The molecule has 7 nitrogen and oxygen atoms in total. The first kappa shape index (κ1) is 20.2. The van der Waals surface area contributed by atoms with Crippen molar-refractivity contribution in [3.63, 3.8) is 0 Å². The van der Waals surface area contributed by atoms with Crippen molar-refractivity contribution >= 4 is 50.2 Å². The average molecular weight is 441 g/mol. The minimum absolute atomic E-state index is 0.0926. The van der Waals surface area contributed by atoms with Gasteiger partial charge < -0.3 is 5.32 Å². The van der Waals surface area contributed by atoms with Gasteiger partial charge in [0.15, 0.2) is 11.6 Å². The molecule has 0 aliphatic rings. The fraction of sp³-hybridized carbons (Fsp3) is 0.118. The van der Waals surface area contributed by atoms with Crippen molar-refractivity contribution in [3.8, 4) is 11.4 Å². The zero-order valence-corrected chi connectivity index (χ0v) is 16.8. The van der Waals surface area contributed by atoms with Crippen molar-refractivity contribution in [2.45, 2.75) is 6.92 Å². The summed E-state index contributed by atoms with van der Waals surface area (Å²) >= 11 is 7.19. The molecule has 1 aromatic carbocycles. The largest absolute Gasteiger partial charge is 0.321 e. The van der Waals surface area contributed by atoms with Gasteiger partial charge in [0.2, 0.25) is 10.0 Å². The van der Waals surface area contributed by atoms with Gasteiger partial charge in [0.25, 0.3) is 5.91 Å². The maximum atomic E-state index is 12.9. The normalized spacial score (nSPS) is 11.2. The van der Waals surface area contributed by atoms with Gasteiger partial charge in [-0.25, -0.2) is 22.8 Å². The predicted octanol–water partition coefficient (Wildman–Crippen LogP) is 4.01. The van der Waals surface area contributed by atoms with E-state index in [2.05, 4.69) is 20.0 Å². The standard InChI is InChI=1S/C17H14ClFN4O3S2/c1-2-28(25,26)23-14-5-11(18)4-13(6-14)22-17(24)15-3-10(9-27-15)16-20-7-12(19)8-21-16/h3-9,23H,2H2,1H3,(H,22,24). The van der Waals surface area contributed by atoms with Crippen LogP contribution in [0.5, 0.6) is 0 Å². The number of nitrogens with zero attached hydrogens (tertiary/aromatic N) is 2. The zero-order valence-electron chi connectivity index (χ0n) is 14.4. The van der Waals surface area contributed by atoms with Gasteiger partial charge in [-0.2, -0.15) is 0 Å². The summed E-state index contributed by atoms with van der Waals surface area (Å²) in [5, 5.41) is 4.61. The van der Waals surface area contributed by atoms with E-state index in [1.54, 1.807) is 11.4 Å². The number of sulfonamides is 1. The van der Waals surface area contributed by atoms with Gasteiger partial charge in [-0.15, -0.1) is 11.3 Å². The maximum Gasteiger partial charge on any atom is 0.265 e. The Labute approximate surface area is 169 Å². The van der Waals surface area contributed by atoms with Crippen LogP contribution >= 0.6 is 22.9 Å². The highest BCUT2D eigenvalue weighted by Gasteiger charge is 2.14. The Balaban J connectivity index is 1.78. The lowest BCUT2D eigenvalue weighted by atomic mass is 10.2. The van der Waals surface area contributed by atoms with Gasteiger partial charge in [0.05, 0.1) is 28.7 Å². The van der Waals surface area contributed by atoms with E-state index < -0.39 is 21.7 Å². The first-order chi connectivity index (χ1) is 13.3. The smallest absolute Gasteiger partial charge is 0.265 e. The van der Waals surface area contributed by atoms with Crippen LogP contribution in [0.2, 0.25) is 5.02 Å². The molecule has 0 aliphatic carbocycles. The van der Waals surface area contributed by atoms with Crippen LogP contribution in [0, 0.1) is 5.82 Å². The Morgan fingerprint density at radius 1 is 1.18 bits per heavy atom. The number of benzene rings is 1. The first-order valence-electron chi connectivity index (χ1n) is 7.94. The number of hydrogen-bond acceptors (Lipinski definition) is 6. The van der Waals surface area contributed by atoms with Crippen molar-refractivity contribution in [2.24, 2.45) is 0 Å². The number of nitrogens with one attached hydrogen (secondary N) is 2. The Hall–Kier alpha value is -2.56. The number of aromatic nitrogens is 2. The van der Waals surface area contributed by atoms with Gasteiger partial charge in [0, 0.05) is 21.7 Å². The molecule has 1 amide bonds. The molecule has 0 bridgehead atoms. The van der Waals surface area contributed by atoms with E-state index in [4.69, 9.17) is 11.6 Å². The van der Waals surface area contributed by atoms with Crippen LogP contribution in [0.3, 0.4) is 0 Å². The van der Waals surface area contributed by atoms with Crippen LogP contribution in [0.1, 0.15) is 16.6 Å². The van der Waals surface area contributed by atoms with Gasteiger partial charge in [0.1, 0.15) is 0 Å². The number of rotatable bonds is 6. The third-order valence-electron chi connectivity index (χ3n) is 3.51. The predicted molar refractivity (Wildman–Crippen MR) is 108 cm³/mol. The lowest BCUT2D eigenvalue weighted by Gasteiger charge is -2.10. The van der Waals surface area contributed by atoms with Crippen LogP contribution in [-0.4, -0.2) is 30.0 Å². The molecule has 0 aliphatic heterocycles. The molecule has 0 saturated carbocycles. The highest BCUT2D eigenvalue weighted by atomic mass is 35.5. The molecule has 0 saturated heterocycles. The summed E-state index contributed by atoms with van der Waals surface area (Å²) < 4.78 is 38.7. The van der Waals surface area contributed by atoms with Crippen LogP contribution in [0.4, 0.5) is 15.8 Å². The van der Waals surface area contributed by atoms with Gasteiger partial charge >= 0.3 is 0 Å². The molecule has 0 fully saturated rings. The van der Waals surface area contributed by atoms with E-state index in [9.17, 15) is 17.6 Å². The second-order valence-electron chi connectivity index (χ2n) is 5.61. The van der Waals surface area contributed by atoms with Gasteiger partial charge in [-0.1, -0.05) is 11.6 Å². The third kappa shape index (κ3) is 5.03. The maximum absolute atomic E-state index is 12.9. The molecule has 11 heteroatoms. The second-order valence-corrected chi connectivity index (χ2v) is 8.97. The number of halogens is 2. The number of thiophene rings is 1. The Kier molecular flexibility index (Phi) is 5.92. The topological polar surface area (TPSA) is 101 Å². The SMILES string of the molecule is CCS(=O)(=O)Nc1cc(Cl)cc(NC(=O)c2cc(-c3ncc(F)cn3)cs2)c1. The van der Waals surface area contributed by atoms with E-state index >= 15 is 0 Å². The van der Waals surface area contributed by atoms with E-state index in [1.165, 1.54) is 36.5 Å². The summed E-state index contributed by atoms with van der Waals surface area (Å²) in [6, 6.07) is 5.99. The lowest BCUT2D eigenvalue weighted by Crippen LogP contribution is -2.15. The van der Waals surface area contributed by atoms with E-state index in [-0.39, 0.29) is 16.5 Å². The van der Waals surface area contributed by atoms with Crippen LogP contribution in [0.15, 0.2) is 42.0 Å². The number of carbonyl (C=O) groups is 1. The average Bonchev–Trinajstić information content (AvgIpc) is 3.11. The fourth-order valence-corrected chi connectivity index (χ4v) is 3.84. The third-order valence-corrected chi connectivity index (χ3v) is 5.96. The summed E-state index contributed by atoms with van der Waals surface area (Å²) in [4.78, 5) is 20.6. The highest BCUT2D eigenvalue weighted by Crippen LogP contribution is 2.26. The summed E-state index contributed by atoms with van der Waals surface area (Å²) in [6.45, 7) is 1.51. The summed E-state index contributed by atoms with van der Waals surface area (Å²) in [7, 11) is -3.48. The van der Waals surface area contributed by atoms with Crippen molar-refractivity contribution in [1.82, 2.24) is 9.97 Å². The number of hydrogen-bond donors (Lipinski definition) is 2. The van der Waals surface area contributed by atoms with E-state index in [0.717, 1.165) is 12.4 Å². The molecule has 3 rings (SSSR count). The van der Waals surface area contributed by atoms with Crippen LogP contribution in [0.25, 0.3) is 11.4 Å². The zero-order chi connectivity index (χ0) is 20.3. The number of anilines is 2. The summed E-state index contributed by atoms with van der Waals surface area (Å²) in [6.07, 6.45) is 2.09. The molecule has 0 unspecified atom stereocenters.